The summed E-state index contributed by atoms with van der Waals surface area (Å²) in [6.07, 6.45) is -3.50. The van der Waals surface area contributed by atoms with Gasteiger partial charge in [0.1, 0.15) is 0 Å². The number of thiophene rings is 1. The molecule has 0 bridgehead atoms. The highest BCUT2D eigenvalue weighted by atomic mass is 32.1. The molecule has 1 nitrogen and oxygen atoms in total. The molecule has 0 radical (unpaired) electrons. The molecule has 0 fully saturated rings. The van der Waals surface area contributed by atoms with Gasteiger partial charge in [0.25, 0.3) is 0 Å². The lowest BCUT2D eigenvalue weighted by Crippen LogP contribution is -2.06. The molecule has 0 N–H and O–H groups in total. The Balaban J connectivity index is 1.84. The molecule has 0 saturated carbocycles. The van der Waals surface area contributed by atoms with E-state index in [2.05, 4.69) is 4.98 Å². The maximum Gasteiger partial charge on any atom is 0.418 e. The first-order chi connectivity index (χ1) is 14.8. The fourth-order valence-corrected chi connectivity index (χ4v) is 5.40. The van der Waals surface area contributed by atoms with Crippen molar-refractivity contribution in [2.24, 2.45) is 0 Å². The van der Waals surface area contributed by atoms with Crippen molar-refractivity contribution in [2.75, 3.05) is 0 Å². The van der Waals surface area contributed by atoms with Crippen LogP contribution >= 0.6 is 11.3 Å². The summed E-state index contributed by atoms with van der Waals surface area (Å²) in [5, 5.41) is 0.844. The lowest BCUT2D eigenvalue weighted by molar-refractivity contribution is -0.136. The smallest absolute Gasteiger partial charge is 0.254 e. The first kappa shape index (κ1) is 19.8. The van der Waals surface area contributed by atoms with Crippen LogP contribution in [0, 0.1) is 13.8 Å². The molecule has 0 aliphatic rings. The quantitative estimate of drug-likeness (QED) is 0.272. The molecule has 0 aliphatic carbocycles. The van der Waals surface area contributed by atoms with Crippen LogP contribution in [-0.4, -0.2) is 4.98 Å². The van der Waals surface area contributed by atoms with Gasteiger partial charge in [0.05, 0.1) is 16.0 Å². The van der Waals surface area contributed by atoms with Crippen molar-refractivity contribution >= 4 is 31.5 Å². The van der Waals surface area contributed by atoms with Crippen LogP contribution in [0.25, 0.3) is 42.6 Å². The number of aryl methyl sites for hydroxylation is 2. The Labute approximate surface area is 181 Å². The van der Waals surface area contributed by atoms with Gasteiger partial charge in [0.2, 0.25) is 0 Å². The van der Waals surface area contributed by atoms with Crippen LogP contribution in [0.3, 0.4) is 0 Å². The molecule has 2 aromatic heterocycles. The topological polar surface area (TPSA) is 12.9 Å². The Morgan fingerprint density at radius 3 is 2.16 bits per heavy atom. The van der Waals surface area contributed by atoms with E-state index < -0.39 is 11.7 Å². The average molecular weight is 433 g/mol. The summed E-state index contributed by atoms with van der Waals surface area (Å²) in [6.45, 7) is 3.96. The monoisotopic (exact) mass is 433 g/mol. The van der Waals surface area contributed by atoms with E-state index in [1.54, 1.807) is 6.07 Å². The van der Waals surface area contributed by atoms with Crippen molar-refractivity contribution in [1.29, 1.82) is 0 Å². The van der Waals surface area contributed by atoms with Crippen LogP contribution in [0.1, 0.15) is 16.7 Å². The zero-order valence-corrected chi connectivity index (χ0v) is 17.7. The fourth-order valence-electron chi connectivity index (χ4n) is 4.13. The number of benzene rings is 3. The molecular weight excluding hydrogens is 415 g/mol. The van der Waals surface area contributed by atoms with Crippen LogP contribution in [-0.2, 0) is 6.18 Å². The fraction of sp³-hybridized carbons (Fsp3) is 0.115. The van der Waals surface area contributed by atoms with E-state index in [-0.39, 0.29) is 5.39 Å². The molecule has 0 atom stereocenters. The van der Waals surface area contributed by atoms with Gasteiger partial charge < -0.3 is 0 Å². The van der Waals surface area contributed by atoms with Gasteiger partial charge in [-0.3, -0.25) is 4.98 Å². The van der Waals surface area contributed by atoms with Gasteiger partial charge in [0.15, 0.2) is 0 Å². The third kappa shape index (κ3) is 3.49. The predicted octanol–water partition coefficient (Wildman–Crippen LogP) is 8.42. The summed E-state index contributed by atoms with van der Waals surface area (Å²) in [5.41, 5.74) is 4.87. The van der Waals surface area contributed by atoms with Crippen molar-refractivity contribution < 1.29 is 13.2 Å². The molecule has 5 rings (SSSR count). The highest BCUT2D eigenvalue weighted by Gasteiger charge is 2.35. The molecule has 0 spiro atoms. The van der Waals surface area contributed by atoms with Gasteiger partial charge in [-0.15, -0.1) is 11.3 Å². The summed E-state index contributed by atoms with van der Waals surface area (Å²) in [5.74, 6) is 0. The van der Waals surface area contributed by atoms with E-state index in [1.807, 2.05) is 74.5 Å². The average Bonchev–Trinajstić information content (AvgIpc) is 3.11. The molecule has 2 heterocycles. The number of pyridine rings is 1. The molecule has 0 saturated heterocycles. The Morgan fingerprint density at radius 1 is 0.774 bits per heavy atom. The molecule has 154 valence electrons. The van der Waals surface area contributed by atoms with E-state index in [0.29, 0.717) is 15.8 Å². The van der Waals surface area contributed by atoms with Crippen LogP contribution < -0.4 is 0 Å². The number of fused-ring (bicyclic) bond motifs is 3. The zero-order chi connectivity index (χ0) is 21.8. The van der Waals surface area contributed by atoms with E-state index in [0.717, 1.165) is 38.7 Å². The summed E-state index contributed by atoms with van der Waals surface area (Å²) in [6, 6.07) is 21.5. The number of rotatable bonds is 2. The van der Waals surface area contributed by atoms with Gasteiger partial charge in [-0.1, -0.05) is 59.7 Å². The Bertz CT molecular complexity index is 1410. The lowest BCUT2D eigenvalue weighted by Gasteiger charge is -2.11. The summed E-state index contributed by atoms with van der Waals surface area (Å²) >= 11 is 1.37. The maximum atomic E-state index is 13.9. The minimum Gasteiger partial charge on any atom is -0.254 e. The molecular formula is C26H18F3NS. The molecule has 0 aliphatic heterocycles. The normalized spacial score (nSPS) is 12.0. The Hall–Kier alpha value is -3.18. The highest BCUT2D eigenvalue weighted by molar-refractivity contribution is 7.26. The number of halogens is 3. The lowest BCUT2D eigenvalue weighted by atomic mass is 10.00. The molecule has 31 heavy (non-hydrogen) atoms. The largest absolute Gasteiger partial charge is 0.418 e. The van der Waals surface area contributed by atoms with Crippen LogP contribution in [0.15, 0.2) is 72.9 Å². The first-order valence-corrected chi connectivity index (χ1v) is 10.7. The van der Waals surface area contributed by atoms with Crippen molar-refractivity contribution in [2.45, 2.75) is 20.0 Å². The van der Waals surface area contributed by atoms with Gasteiger partial charge in [-0.25, -0.2) is 0 Å². The summed E-state index contributed by atoms with van der Waals surface area (Å²) in [7, 11) is 0. The number of nitrogens with zero attached hydrogens (tertiary/aromatic N) is 1. The third-order valence-corrected chi connectivity index (χ3v) is 6.56. The standard InChI is InChI=1S/C26H18F3NS/c1-15-10-16(2)12-19(11-15)24-25-23(21(14-30-24)26(27,28)29)20-9-8-18(13-22(20)31-25)17-6-4-3-5-7-17/h3-14H,1-2H3. The minimum atomic E-state index is -4.47. The number of alkyl halides is 3. The molecule has 0 amide bonds. The van der Waals surface area contributed by atoms with Crippen LogP contribution in [0.5, 0.6) is 0 Å². The molecule has 3 aromatic carbocycles. The second-order valence-corrected chi connectivity index (χ2v) is 8.83. The number of hydrogen-bond donors (Lipinski definition) is 0. The third-order valence-electron chi connectivity index (χ3n) is 5.40. The second-order valence-electron chi connectivity index (χ2n) is 7.78. The summed E-state index contributed by atoms with van der Waals surface area (Å²) < 4.78 is 43.1. The Morgan fingerprint density at radius 2 is 1.48 bits per heavy atom. The summed E-state index contributed by atoms with van der Waals surface area (Å²) in [4.78, 5) is 4.29. The van der Waals surface area contributed by atoms with Gasteiger partial charge in [0, 0.05) is 27.2 Å². The van der Waals surface area contributed by atoms with E-state index in [1.165, 1.54) is 11.3 Å². The first-order valence-electron chi connectivity index (χ1n) is 9.88. The van der Waals surface area contributed by atoms with Crippen molar-refractivity contribution in [1.82, 2.24) is 4.98 Å². The maximum absolute atomic E-state index is 13.9. The zero-order valence-electron chi connectivity index (χ0n) is 16.9. The SMILES string of the molecule is Cc1cc(C)cc(-c2ncc(C(F)(F)F)c3c2sc2cc(-c4ccccc4)ccc23)c1. The van der Waals surface area contributed by atoms with Gasteiger partial charge in [-0.05, 0) is 43.2 Å². The van der Waals surface area contributed by atoms with Crippen molar-refractivity contribution in [3.05, 3.63) is 89.6 Å². The number of hydrogen-bond acceptors (Lipinski definition) is 2. The van der Waals surface area contributed by atoms with Crippen molar-refractivity contribution in [3.8, 4) is 22.4 Å². The molecule has 0 unspecified atom stereocenters. The second kappa shape index (κ2) is 7.20. The predicted molar refractivity (Wildman–Crippen MR) is 122 cm³/mol. The molecule has 5 heteroatoms. The van der Waals surface area contributed by atoms with Crippen molar-refractivity contribution in [3.63, 3.8) is 0 Å². The van der Waals surface area contributed by atoms with Gasteiger partial charge in [-0.2, -0.15) is 13.2 Å². The van der Waals surface area contributed by atoms with E-state index in [4.69, 9.17) is 0 Å². The Kier molecular flexibility index (Phi) is 4.59. The highest BCUT2D eigenvalue weighted by Crippen LogP contribution is 2.46. The van der Waals surface area contributed by atoms with E-state index in [9.17, 15) is 13.2 Å². The molecule has 5 aromatic rings. The van der Waals surface area contributed by atoms with Gasteiger partial charge >= 0.3 is 6.18 Å². The minimum absolute atomic E-state index is 0.233. The van der Waals surface area contributed by atoms with Crippen LogP contribution in [0.2, 0.25) is 0 Å². The van der Waals surface area contributed by atoms with E-state index >= 15 is 0 Å². The number of aromatic nitrogens is 1. The van der Waals surface area contributed by atoms with Crippen LogP contribution in [0.4, 0.5) is 13.2 Å².